The van der Waals surface area contributed by atoms with Crippen LogP contribution in [0.2, 0.25) is 0 Å². The number of amides is 1. The Morgan fingerprint density at radius 1 is 1.61 bits per heavy atom. The molecule has 1 fully saturated rings. The van der Waals surface area contributed by atoms with Crippen LogP contribution in [0.1, 0.15) is 19.8 Å². The predicted octanol–water partition coefficient (Wildman–Crippen LogP) is 0.716. The van der Waals surface area contributed by atoms with Crippen molar-refractivity contribution in [3.63, 3.8) is 0 Å². The lowest BCUT2D eigenvalue weighted by Crippen LogP contribution is -2.32. The first-order valence-corrected chi connectivity index (χ1v) is 6.70. The molecule has 1 amide bonds. The molecule has 0 unspecified atom stereocenters. The van der Waals surface area contributed by atoms with Gasteiger partial charge < -0.3 is 10.6 Å². The van der Waals surface area contributed by atoms with Crippen LogP contribution >= 0.6 is 15.9 Å². The van der Waals surface area contributed by atoms with E-state index in [1.54, 1.807) is 6.20 Å². The van der Waals surface area contributed by atoms with Gasteiger partial charge in [-0.2, -0.15) is 5.10 Å². The molecular weight excluding hydrogens is 300 g/mol. The van der Waals surface area contributed by atoms with Crippen molar-refractivity contribution in [2.24, 2.45) is 0 Å². The fraction of sp³-hybridized carbons (Fsp3) is 0.545. The van der Waals surface area contributed by atoms with Crippen LogP contribution in [0.4, 0.5) is 5.69 Å². The van der Waals surface area contributed by atoms with Gasteiger partial charge in [-0.05, 0) is 35.7 Å². The first-order valence-electron chi connectivity index (χ1n) is 5.90. The molecule has 0 saturated heterocycles. The van der Waals surface area contributed by atoms with Crippen LogP contribution in [0.5, 0.6) is 0 Å². The molecule has 1 heterocycles. The Morgan fingerprint density at radius 3 is 2.94 bits per heavy atom. The number of carbonyl (C=O) groups is 1. The maximum absolute atomic E-state index is 11.8. The molecule has 0 bridgehead atoms. The molecule has 6 nitrogen and oxygen atoms in total. The standard InChI is InChI=1S/C11H15BrN4O2/c1-2-16-11(18)10(12)8(5-14-16)13-6-9(17)15-7-3-4-7/h5,7,13H,2-4,6H2,1H3,(H,15,17). The van der Waals surface area contributed by atoms with E-state index in [0.717, 1.165) is 12.8 Å². The molecule has 1 aliphatic carbocycles. The second kappa shape index (κ2) is 5.51. The van der Waals surface area contributed by atoms with Crippen LogP contribution in [-0.4, -0.2) is 28.3 Å². The van der Waals surface area contributed by atoms with Gasteiger partial charge in [-0.1, -0.05) is 0 Å². The van der Waals surface area contributed by atoms with Crippen molar-refractivity contribution in [3.05, 3.63) is 21.0 Å². The van der Waals surface area contributed by atoms with Crippen molar-refractivity contribution in [1.29, 1.82) is 0 Å². The third-order valence-electron chi connectivity index (χ3n) is 2.67. The van der Waals surface area contributed by atoms with E-state index in [9.17, 15) is 9.59 Å². The van der Waals surface area contributed by atoms with E-state index in [1.165, 1.54) is 4.68 Å². The average Bonchev–Trinajstić information content (AvgIpc) is 3.15. The van der Waals surface area contributed by atoms with Gasteiger partial charge >= 0.3 is 0 Å². The third kappa shape index (κ3) is 3.10. The SMILES string of the molecule is CCn1ncc(NCC(=O)NC2CC2)c(Br)c1=O. The smallest absolute Gasteiger partial charge is 0.283 e. The molecule has 98 valence electrons. The summed E-state index contributed by atoms with van der Waals surface area (Å²) in [6.45, 7) is 2.50. The van der Waals surface area contributed by atoms with Gasteiger partial charge in [0.1, 0.15) is 4.47 Å². The summed E-state index contributed by atoms with van der Waals surface area (Å²) in [6, 6.07) is 0.342. The van der Waals surface area contributed by atoms with Gasteiger partial charge in [0.25, 0.3) is 5.56 Å². The third-order valence-corrected chi connectivity index (χ3v) is 3.43. The summed E-state index contributed by atoms with van der Waals surface area (Å²) >= 11 is 3.22. The highest BCUT2D eigenvalue weighted by Gasteiger charge is 2.23. The normalized spacial score (nSPS) is 14.3. The van der Waals surface area contributed by atoms with Gasteiger partial charge in [-0.15, -0.1) is 0 Å². The number of aromatic nitrogens is 2. The van der Waals surface area contributed by atoms with Gasteiger partial charge in [-0.25, -0.2) is 4.68 Å². The molecule has 0 spiro atoms. The molecule has 7 heteroatoms. The van der Waals surface area contributed by atoms with Crippen LogP contribution < -0.4 is 16.2 Å². The van der Waals surface area contributed by atoms with Crippen molar-refractivity contribution in [3.8, 4) is 0 Å². The first-order chi connectivity index (χ1) is 8.61. The molecule has 1 aromatic rings. The number of rotatable bonds is 5. The van der Waals surface area contributed by atoms with E-state index in [1.807, 2.05) is 6.92 Å². The minimum atomic E-state index is -0.204. The number of halogens is 1. The lowest BCUT2D eigenvalue weighted by Gasteiger charge is -2.09. The Morgan fingerprint density at radius 2 is 2.33 bits per heavy atom. The van der Waals surface area contributed by atoms with Gasteiger partial charge in [0.05, 0.1) is 18.4 Å². The predicted molar refractivity (Wildman–Crippen MR) is 71.5 cm³/mol. The highest BCUT2D eigenvalue weighted by molar-refractivity contribution is 9.10. The summed E-state index contributed by atoms with van der Waals surface area (Å²) in [5, 5.41) is 9.75. The Labute approximate surface area is 113 Å². The van der Waals surface area contributed by atoms with Crippen molar-refractivity contribution in [1.82, 2.24) is 15.1 Å². The van der Waals surface area contributed by atoms with E-state index in [-0.39, 0.29) is 18.0 Å². The van der Waals surface area contributed by atoms with Gasteiger partial charge in [0.2, 0.25) is 5.91 Å². The molecule has 0 aromatic carbocycles. The monoisotopic (exact) mass is 314 g/mol. The number of anilines is 1. The highest BCUT2D eigenvalue weighted by Crippen LogP contribution is 2.19. The second-order valence-corrected chi connectivity index (χ2v) is 4.98. The fourth-order valence-corrected chi connectivity index (χ4v) is 1.94. The molecule has 0 atom stereocenters. The van der Waals surface area contributed by atoms with E-state index < -0.39 is 0 Å². The van der Waals surface area contributed by atoms with Crippen LogP contribution in [-0.2, 0) is 11.3 Å². The average molecular weight is 315 g/mol. The maximum atomic E-state index is 11.8. The molecule has 1 saturated carbocycles. The van der Waals surface area contributed by atoms with E-state index >= 15 is 0 Å². The Bertz CT molecular complexity index is 510. The number of aryl methyl sites for hydroxylation is 1. The number of nitrogens with one attached hydrogen (secondary N) is 2. The van der Waals surface area contributed by atoms with Crippen LogP contribution in [0.25, 0.3) is 0 Å². The zero-order valence-electron chi connectivity index (χ0n) is 10.1. The molecule has 1 aliphatic rings. The summed E-state index contributed by atoms with van der Waals surface area (Å²) in [7, 11) is 0. The summed E-state index contributed by atoms with van der Waals surface area (Å²) in [6.07, 6.45) is 3.66. The Kier molecular flexibility index (Phi) is 4.00. The molecule has 2 rings (SSSR count). The largest absolute Gasteiger partial charge is 0.374 e. The Balaban J connectivity index is 1.98. The topological polar surface area (TPSA) is 76.0 Å². The highest BCUT2D eigenvalue weighted by atomic mass is 79.9. The fourth-order valence-electron chi connectivity index (χ4n) is 1.50. The minimum absolute atomic E-state index is 0.0657. The lowest BCUT2D eigenvalue weighted by atomic mass is 10.4. The maximum Gasteiger partial charge on any atom is 0.283 e. The molecule has 1 aromatic heterocycles. The first kappa shape index (κ1) is 13.1. The molecule has 0 radical (unpaired) electrons. The van der Waals surface area contributed by atoms with Crippen molar-refractivity contribution >= 4 is 27.5 Å². The van der Waals surface area contributed by atoms with Crippen LogP contribution in [0.3, 0.4) is 0 Å². The molecular formula is C11H15BrN4O2. The van der Waals surface area contributed by atoms with Gasteiger partial charge in [-0.3, -0.25) is 9.59 Å². The van der Waals surface area contributed by atoms with E-state index in [2.05, 4.69) is 31.7 Å². The minimum Gasteiger partial charge on any atom is -0.374 e. The number of hydrogen-bond donors (Lipinski definition) is 2. The number of nitrogens with zero attached hydrogens (tertiary/aromatic N) is 2. The van der Waals surface area contributed by atoms with Crippen molar-refractivity contribution < 1.29 is 4.79 Å². The molecule has 2 N–H and O–H groups in total. The van der Waals surface area contributed by atoms with Crippen molar-refractivity contribution in [2.75, 3.05) is 11.9 Å². The number of carbonyl (C=O) groups excluding carboxylic acids is 1. The molecule has 0 aliphatic heterocycles. The molecule has 18 heavy (non-hydrogen) atoms. The summed E-state index contributed by atoms with van der Waals surface area (Å²) in [5.74, 6) is -0.0657. The van der Waals surface area contributed by atoms with Crippen LogP contribution in [0, 0.1) is 0 Å². The van der Waals surface area contributed by atoms with Crippen LogP contribution in [0.15, 0.2) is 15.5 Å². The van der Waals surface area contributed by atoms with Gasteiger partial charge in [0.15, 0.2) is 0 Å². The summed E-state index contributed by atoms with van der Waals surface area (Å²) < 4.78 is 1.75. The second-order valence-electron chi connectivity index (χ2n) is 4.19. The quantitative estimate of drug-likeness (QED) is 0.839. The summed E-state index contributed by atoms with van der Waals surface area (Å²) in [4.78, 5) is 23.3. The van der Waals surface area contributed by atoms with E-state index in [0.29, 0.717) is 22.7 Å². The zero-order chi connectivity index (χ0) is 13.1. The Hall–Kier alpha value is -1.37. The summed E-state index contributed by atoms with van der Waals surface area (Å²) in [5.41, 5.74) is 0.334. The van der Waals surface area contributed by atoms with Crippen molar-refractivity contribution in [2.45, 2.75) is 32.4 Å². The van der Waals surface area contributed by atoms with E-state index in [4.69, 9.17) is 0 Å². The number of hydrogen-bond acceptors (Lipinski definition) is 4. The van der Waals surface area contributed by atoms with Gasteiger partial charge in [0, 0.05) is 12.6 Å². The zero-order valence-corrected chi connectivity index (χ0v) is 11.7. The lowest BCUT2D eigenvalue weighted by molar-refractivity contribution is -0.119.